The number of nitrogens with zero attached hydrogens (tertiary/aromatic N) is 5. The highest BCUT2D eigenvalue weighted by molar-refractivity contribution is 7.99. The van der Waals surface area contributed by atoms with E-state index in [0.717, 1.165) is 16.6 Å². The Morgan fingerprint density at radius 3 is 1.83 bits per heavy atom. The molecule has 0 aliphatic rings. The van der Waals surface area contributed by atoms with Gasteiger partial charge in [-0.3, -0.25) is 13.9 Å². The van der Waals surface area contributed by atoms with E-state index in [-0.39, 0.29) is 23.2 Å². The molecule has 18 heteroatoms. The zero-order chi connectivity index (χ0) is 37.7. The number of hydrogen-bond acceptors (Lipinski definition) is 9. The van der Waals surface area contributed by atoms with Crippen molar-refractivity contribution >= 4 is 52.3 Å². The Hall–Kier alpha value is -5.10. The minimum absolute atomic E-state index is 0.0684. The molecular formula is C34H30F6N6O4S2. The highest BCUT2D eigenvalue weighted by atomic mass is 32.2. The standard InChI is InChI=1S/C20H20F3N3O3S.C14H10F3N3OS/c1-19(2,3)29-16(27)12-30-18-25-15-5-4-10-24-17(15)26(18)11-13-6-8-14(9-7-13)28-20(21,22)23;15-14(16,17)21-10-5-3-9(4-6-10)8-20-12-11(19-13(20)22)2-1-7-18-12/h4-10H,11-12H2,1-3H3;1-7H,8H2,(H,19,22). The Bertz CT molecular complexity index is 2190. The molecule has 0 atom stereocenters. The van der Waals surface area contributed by atoms with Gasteiger partial charge in [-0.1, -0.05) is 36.0 Å². The van der Waals surface area contributed by atoms with Crippen LogP contribution >= 0.6 is 24.0 Å². The quantitative estimate of drug-likeness (QED) is 0.0669. The van der Waals surface area contributed by atoms with E-state index < -0.39 is 18.3 Å². The molecule has 0 unspecified atom stereocenters. The molecule has 6 aromatic rings. The van der Waals surface area contributed by atoms with Crippen LogP contribution < -0.4 is 9.47 Å². The van der Waals surface area contributed by atoms with Crippen molar-refractivity contribution in [3.05, 3.63) is 101 Å². The molecule has 0 fully saturated rings. The van der Waals surface area contributed by atoms with Gasteiger partial charge in [0, 0.05) is 12.4 Å². The lowest BCUT2D eigenvalue weighted by molar-refractivity contribution is -0.275. The van der Waals surface area contributed by atoms with Gasteiger partial charge in [0.15, 0.2) is 21.2 Å². The van der Waals surface area contributed by atoms with E-state index in [0.29, 0.717) is 39.8 Å². The number of alkyl halides is 6. The first kappa shape index (κ1) is 38.1. The number of carbonyl (C=O) groups excluding carboxylic acids is 1. The number of imidazole rings is 2. The molecule has 1 N–H and O–H groups in total. The third-order valence-electron chi connectivity index (χ3n) is 6.73. The van der Waals surface area contributed by atoms with E-state index in [1.54, 1.807) is 68.1 Å². The Morgan fingerprint density at radius 1 is 0.769 bits per heavy atom. The van der Waals surface area contributed by atoms with Gasteiger partial charge < -0.3 is 19.2 Å². The largest absolute Gasteiger partial charge is 0.573 e. The molecule has 0 saturated heterocycles. The monoisotopic (exact) mass is 764 g/mol. The van der Waals surface area contributed by atoms with Crippen LogP contribution in [-0.2, 0) is 22.6 Å². The van der Waals surface area contributed by atoms with Crippen molar-refractivity contribution < 1.29 is 45.3 Å². The molecule has 0 bridgehead atoms. The number of carbonyl (C=O) groups is 1. The van der Waals surface area contributed by atoms with Gasteiger partial charge in [0.05, 0.1) is 24.4 Å². The zero-order valence-corrected chi connectivity index (χ0v) is 29.3. The van der Waals surface area contributed by atoms with Crippen LogP contribution in [0.1, 0.15) is 31.9 Å². The van der Waals surface area contributed by atoms with Crippen LogP contribution in [-0.4, -0.2) is 59.1 Å². The number of ether oxygens (including phenoxy) is 3. The summed E-state index contributed by atoms with van der Waals surface area (Å²) in [5.74, 6) is -0.845. The second-order valence-corrected chi connectivity index (χ2v) is 13.3. The van der Waals surface area contributed by atoms with E-state index >= 15 is 0 Å². The SMILES string of the molecule is CC(C)(C)OC(=O)CSc1nc2cccnc2n1Cc1ccc(OC(F)(F)F)cc1.FC(F)(F)Oc1ccc(Cn2c(=S)[nH]c3cccnc32)cc1. The van der Waals surface area contributed by atoms with E-state index in [4.69, 9.17) is 17.0 Å². The summed E-state index contributed by atoms with van der Waals surface area (Å²) >= 11 is 6.46. The molecular weight excluding hydrogens is 735 g/mol. The van der Waals surface area contributed by atoms with E-state index in [9.17, 15) is 31.1 Å². The van der Waals surface area contributed by atoms with Crippen molar-refractivity contribution in [3.8, 4) is 11.5 Å². The van der Waals surface area contributed by atoms with Crippen molar-refractivity contribution in [2.45, 2.75) is 57.3 Å². The number of H-pyrrole nitrogens is 1. The minimum atomic E-state index is -4.74. The maximum Gasteiger partial charge on any atom is 0.573 e. The average molecular weight is 765 g/mol. The number of halogens is 6. The molecule has 52 heavy (non-hydrogen) atoms. The fraction of sp³-hybridized carbons (Fsp3) is 0.265. The molecule has 0 saturated carbocycles. The third-order valence-corrected chi connectivity index (χ3v) is 8.00. The van der Waals surface area contributed by atoms with Gasteiger partial charge in [-0.05, 0) is 92.6 Å². The number of esters is 1. The van der Waals surface area contributed by atoms with Crippen molar-refractivity contribution in [3.63, 3.8) is 0 Å². The minimum Gasteiger partial charge on any atom is -0.459 e. The Kier molecular flexibility index (Phi) is 11.5. The van der Waals surface area contributed by atoms with E-state index in [1.807, 2.05) is 10.6 Å². The van der Waals surface area contributed by atoms with Crippen molar-refractivity contribution in [2.75, 3.05) is 5.75 Å². The van der Waals surface area contributed by atoms with Crippen LogP contribution in [0.15, 0.2) is 90.3 Å². The molecule has 4 heterocycles. The molecule has 0 radical (unpaired) electrons. The highest BCUT2D eigenvalue weighted by Crippen LogP contribution is 2.27. The van der Waals surface area contributed by atoms with Gasteiger partial charge in [0.2, 0.25) is 0 Å². The number of pyridine rings is 2. The normalized spacial score (nSPS) is 12.0. The van der Waals surface area contributed by atoms with Gasteiger partial charge in [0.1, 0.15) is 22.6 Å². The first-order valence-electron chi connectivity index (χ1n) is 15.3. The maximum absolute atomic E-state index is 12.3. The fourth-order valence-electron chi connectivity index (χ4n) is 4.78. The summed E-state index contributed by atoms with van der Waals surface area (Å²) in [6, 6.07) is 18.5. The number of aromatic nitrogens is 6. The topological polar surface area (TPSA) is 109 Å². The molecule has 4 aromatic heterocycles. The van der Waals surface area contributed by atoms with Crippen molar-refractivity contribution in [1.29, 1.82) is 0 Å². The predicted octanol–water partition coefficient (Wildman–Crippen LogP) is 8.85. The number of rotatable bonds is 9. The molecule has 0 aliphatic heterocycles. The molecule has 274 valence electrons. The lowest BCUT2D eigenvalue weighted by Gasteiger charge is -2.19. The van der Waals surface area contributed by atoms with Gasteiger partial charge in [-0.2, -0.15) is 0 Å². The summed E-state index contributed by atoms with van der Waals surface area (Å²) in [5.41, 5.74) is 3.71. The van der Waals surface area contributed by atoms with Crippen LogP contribution in [0.3, 0.4) is 0 Å². The fourth-order valence-corrected chi connectivity index (χ4v) is 5.81. The van der Waals surface area contributed by atoms with Crippen LogP contribution in [0, 0.1) is 4.77 Å². The number of thioether (sulfide) groups is 1. The Morgan fingerprint density at radius 2 is 1.29 bits per heavy atom. The molecule has 2 aromatic carbocycles. The first-order valence-corrected chi connectivity index (χ1v) is 16.7. The second kappa shape index (κ2) is 15.6. The van der Waals surface area contributed by atoms with Gasteiger partial charge in [0.25, 0.3) is 0 Å². The summed E-state index contributed by atoms with van der Waals surface area (Å²) in [6.45, 7) is 6.10. The number of nitrogens with one attached hydrogen (secondary N) is 1. The molecule has 6 rings (SSSR count). The van der Waals surface area contributed by atoms with Crippen molar-refractivity contribution in [1.82, 2.24) is 29.1 Å². The van der Waals surface area contributed by atoms with Gasteiger partial charge in [-0.25, -0.2) is 15.0 Å². The molecule has 10 nitrogen and oxygen atoms in total. The molecule has 0 spiro atoms. The molecule has 0 aliphatic carbocycles. The van der Waals surface area contributed by atoms with Crippen LogP contribution in [0.5, 0.6) is 11.5 Å². The zero-order valence-electron chi connectivity index (χ0n) is 27.7. The van der Waals surface area contributed by atoms with Crippen LogP contribution in [0.25, 0.3) is 22.3 Å². The van der Waals surface area contributed by atoms with Crippen LogP contribution in [0.4, 0.5) is 26.3 Å². The van der Waals surface area contributed by atoms with Gasteiger partial charge >= 0.3 is 18.7 Å². The highest BCUT2D eigenvalue weighted by Gasteiger charge is 2.31. The number of hydrogen-bond donors (Lipinski definition) is 1. The molecule has 0 amide bonds. The number of fused-ring (bicyclic) bond motifs is 2. The number of aromatic amines is 1. The van der Waals surface area contributed by atoms with E-state index in [1.165, 1.54) is 48.2 Å². The lowest BCUT2D eigenvalue weighted by atomic mass is 10.2. The Labute approximate surface area is 301 Å². The maximum atomic E-state index is 12.3. The number of benzene rings is 2. The summed E-state index contributed by atoms with van der Waals surface area (Å²) in [5, 5.41) is 0.560. The smallest absolute Gasteiger partial charge is 0.459 e. The van der Waals surface area contributed by atoms with Crippen LogP contribution in [0.2, 0.25) is 0 Å². The average Bonchev–Trinajstić information content (AvgIpc) is 3.56. The van der Waals surface area contributed by atoms with E-state index in [2.05, 4.69) is 29.4 Å². The third kappa shape index (κ3) is 10.9. The summed E-state index contributed by atoms with van der Waals surface area (Å²) in [7, 11) is 0. The summed E-state index contributed by atoms with van der Waals surface area (Å²) in [4.78, 5) is 28.2. The summed E-state index contributed by atoms with van der Waals surface area (Å²) in [6.07, 6.45) is -6.15. The second-order valence-electron chi connectivity index (χ2n) is 12.0. The van der Waals surface area contributed by atoms with Gasteiger partial charge in [-0.15, -0.1) is 26.3 Å². The first-order chi connectivity index (χ1) is 24.4. The summed E-state index contributed by atoms with van der Waals surface area (Å²) < 4.78 is 90.6. The Balaban J connectivity index is 0.000000210. The predicted molar refractivity (Wildman–Crippen MR) is 183 cm³/mol. The van der Waals surface area contributed by atoms with Crippen molar-refractivity contribution in [2.24, 2.45) is 0 Å². The lowest BCUT2D eigenvalue weighted by Crippen LogP contribution is -2.25.